The summed E-state index contributed by atoms with van der Waals surface area (Å²) < 4.78 is -0.727. The highest BCUT2D eigenvalue weighted by Crippen LogP contribution is 2.67. The van der Waals surface area contributed by atoms with Gasteiger partial charge in [-0.2, -0.15) is 0 Å². The first kappa shape index (κ1) is 29.4. The molecule has 0 aromatic heterocycles. The van der Waals surface area contributed by atoms with E-state index in [0.717, 1.165) is 22.9 Å². The molecule has 0 radical (unpaired) electrons. The normalized spacial score (nSPS) is 27.2. The summed E-state index contributed by atoms with van der Waals surface area (Å²) in [7, 11) is 1.74. The minimum absolute atomic E-state index is 0.0210. The van der Waals surface area contributed by atoms with Gasteiger partial charge < -0.3 is 19.8 Å². The molecule has 2 unspecified atom stereocenters. The molecule has 218 valence electrons. The second-order valence-corrected chi connectivity index (χ2v) is 13.6. The molecule has 3 heterocycles. The van der Waals surface area contributed by atoms with Crippen molar-refractivity contribution in [1.29, 1.82) is 0 Å². The molecule has 1 N–H and O–H groups in total. The molecule has 0 saturated carbocycles. The van der Waals surface area contributed by atoms with Crippen LogP contribution < -0.4 is 4.90 Å². The number of thioether (sulfide) groups is 1. The van der Waals surface area contributed by atoms with Crippen LogP contribution in [0.4, 0.5) is 5.69 Å². The number of rotatable bonds is 11. The monoisotopic (exact) mass is 575 g/mol. The lowest BCUT2D eigenvalue weighted by molar-refractivity contribution is -0.145. The van der Waals surface area contributed by atoms with Gasteiger partial charge in [0.15, 0.2) is 0 Å². The number of likely N-dealkylation sites (N-methyl/N-ethyl adjacent to an activating group) is 1. The van der Waals surface area contributed by atoms with Crippen molar-refractivity contribution in [3.63, 3.8) is 0 Å². The lowest BCUT2D eigenvalue weighted by atomic mass is 9.70. The van der Waals surface area contributed by atoms with Crippen molar-refractivity contribution >= 4 is 45.9 Å². The Morgan fingerprint density at radius 1 is 1.12 bits per heavy atom. The Hall–Kier alpha value is -3.10. The molecule has 3 saturated heterocycles. The number of benzene rings is 2. The first-order valence-electron chi connectivity index (χ1n) is 14.6. The number of anilines is 1. The summed E-state index contributed by atoms with van der Waals surface area (Å²) in [5.74, 6) is -1.34. The molecule has 2 aromatic carbocycles. The lowest BCUT2D eigenvalue weighted by Gasteiger charge is -2.40. The molecular formula is C33H41N3O4S. The summed E-state index contributed by atoms with van der Waals surface area (Å²) in [6, 6.07) is 12.6. The zero-order valence-electron chi connectivity index (χ0n) is 24.2. The zero-order valence-corrected chi connectivity index (χ0v) is 25.1. The number of carbonyl (C=O) groups is 3. The molecule has 8 heteroatoms. The summed E-state index contributed by atoms with van der Waals surface area (Å²) in [4.78, 5) is 48.1. The van der Waals surface area contributed by atoms with E-state index in [2.05, 4.69) is 27.0 Å². The smallest absolute Gasteiger partial charge is 0.251 e. The molecule has 41 heavy (non-hydrogen) atoms. The van der Waals surface area contributed by atoms with E-state index >= 15 is 0 Å². The highest BCUT2D eigenvalue weighted by Gasteiger charge is 2.74. The van der Waals surface area contributed by atoms with Crippen LogP contribution in [0.2, 0.25) is 0 Å². The Morgan fingerprint density at radius 2 is 1.83 bits per heavy atom. The minimum Gasteiger partial charge on any atom is -0.394 e. The van der Waals surface area contributed by atoms with E-state index in [9.17, 15) is 19.5 Å². The second-order valence-electron chi connectivity index (χ2n) is 12.0. The average Bonchev–Trinajstić information content (AvgIpc) is 3.61. The zero-order chi connectivity index (χ0) is 29.5. The lowest BCUT2D eigenvalue weighted by Crippen LogP contribution is -2.58. The SMILES string of the molecule is C=CCN(C)C(=O)[C@@H]1[C@H]2C(=O)N([C@@H](CO)CC(C)C)C(C(=O)N(CC=C)c3ccc4ccccc4c3)C23CC[C@H]1S3. The van der Waals surface area contributed by atoms with E-state index in [1.807, 2.05) is 42.5 Å². The molecule has 6 atom stereocenters. The first-order valence-corrected chi connectivity index (χ1v) is 15.4. The van der Waals surface area contributed by atoms with Crippen LogP contribution in [-0.4, -0.2) is 81.5 Å². The Labute approximate surface area is 247 Å². The highest BCUT2D eigenvalue weighted by atomic mass is 32.2. The molecule has 7 nitrogen and oxygen atoms in total. The number of fused-ring (bicyclic) bond motifs is 2. The van der Waals surface area contributed by atoms with E-state index in [4.69, 9.17) is 0 Å². The van der Waals surface area contributed by atoms with Crippen molar-refractivity contribution in [3.05, 3.63) is 67.8 Å². The van der Waals surface area contributed by atoms with E-state index in [-0.39, 0.29) is 42.0 Å². The van der Waals surface area contributed by atoms with Crippen molar-refractivity contribution in [1.82, 2.24) is 9.80 Å². The molecule has 2 aromatic rings. The van der Waals surface area contributed by atoms with Crippen molar-refractivity contribution in [2.75, 3.05) is 31.6 Å². The van der Waals surface area contributed by atoms with E-state index < -0.39 is 28.7 Å². The fourth-order valence-electron chi connectivity index (χ4n) is 7.35. The number of aliphatic hydroxyl groups is 1. The number of carbonyl (C=O) groups excluding carboxylic acids is 3. The molecule has 3 aliphatic heterocycles. The highest BCUT2D eigenvalue weighted by molar-refractivity contribution is 8.02. The van der Waals surface area contributed by atoms with Crippen molar-refractivity contribution < 1.29 is 19.5 Å². The number of hydrogen-bond donors (Lipinski definition) is 1. The van der Waals surface area contributed by atoms with E-state index in [1.165, 1.54) is 0 Å². The third-order valence-corrected chi connectivity index (χ3v) is 11.0. The quantitative estimate of drug-likeness (QED) is 0.399. The standard InChI is InChI=1S/C33H41N3O4S/c1-6-16-34(5)30(38)27-26-14-15-33(41-26)28(27)31(39)36(25(20-37)18-21(3)4)29(33)32(40)35(17-7-2)24-13-12-22-10-8-9-11-23(22)19-24/h6-13,19,21,25-29,37H,1-2,14-18,20H2,3-5H3/t25-,26-,27+,28+,29?,33?/m1/s1. The summed E-state index contributed by atoms with van der Waals surface area (Å²) in [6.45, 7) is 12.2. The van der Waals surface area contributed by atoms with Gasteiger partial charge in [-0.25, -0.2) is 0 Å². The maximum atomic E-state index is 14.9. The van der Waals surface area contributed by atoms with Crippen LogP contribution in [0.1, 0.15) is 33.1 Å². The van der Waals surface area contributed by atoms with Gasteiger partial charge in [-0.05, 0) is 48.1 Å². The van der Waals surface area contributed by atoms with Crippen LogP contribution >= 0.6 is 11.8 Å². The van der Waals surface area contributed by atoms with Gasteiger partial charge in [0.2, 0.25) is 11.8 Å². The maximum Gasteiger partial charge on any atom is 0.251 e. The van der Waals surface area contributed by atoms with Gasteiger partial charge in [0.1, 0.15) is 6.04 Å². The van der Waals surface area contributed by atoms with Crippen molar-refractivity contribution in [2.24, 2.45) is 17.8 Å². The summed E-state index contributed by atoms with van der Waals surface area (Å²) >= 11 is 1.65. The van der Waals surface area contributed by atoms with Crippen LogP contribution in [0.3, 0.4) is 0 Å². The fourth-order valence-corrected chi connectivity index (χ4v) is 9.54. The summed E-state index contributed by atoms with van der Waals surface area (Å²) in [5, 5.41) is 12.6. The molecule has 2 bridgehead atoms. The Bertz CT molecular complexity index is 1360. The van der Waals surface area contributed by atoms with Crippen molar-refractivity contribution in [2.45, 2.75) is 55.2 Å². The minimum atomic E-state index is -0.792. The van der Waals surface area contributed by atoms with E-state index in [0.29, 0.717) is 19.4 Å². The summed E-state index contributed by atoms with van der Waals surface area (Å²) in [5.41, 5.74) is 0.737. The van der Waals surface area contributed by atoms with E-state index in [1.54, 1.807) is 45.7 Å². The van der Waals surface area contributed by atoms with Gasteiger partial charge in [-0.3, -0.25) is 14.4 Å². The fraction of sp³-hybridized carbons (Fsp3) is 0.485. The number of hydrogen-bond acceptors (Lipinski definition) is 5. The van der Waals surface area contributed by atoms with Gasteiger partial charge in [-0.1, -0.05) is 56.3 Å². The molecule has 3 fully saturated rings. The van der Waals surface area contributed by atoms with Gasteiger partial charge >= 0.3 is 0 Å². The third-order valence-electron chi connectivity index (χ3n) is 9.01. The summed E-state index contributed by atoms with van der Waals surface area (Å²) in [6.07, 6.45) is 5.41. The molecular weight excluding hydrogens is 534 g/mol. The van der Waals surface area contributed by atoms with Gasteiger partial charge in [0.05, 0.1) is 29.2 Å². The Balaban J connectivity index is 1.61. The Kier molecular flexibility index (Phi) is 8.35. The van der Waals surface area contributed by atoms with Crippen LogP contribution in [0.25, 0.3) is 10.8 Å². The predicted molar refractivity (Wildman–Crippen MR) is 166 cm³/mol. The van der Waals surface area contributed by atoms with Crippen LogP contribution in [0, 0.1) is 17.8 Å². The van der Waals surface area contributed by atoms with Crippen LogP contribution in [0.15, 0.2) is 67.8 Å². The van der Waals surface area contributed by atoms with Crippen molar-refractivity contribution in [3.8, 4) is 0 Å². The van der Waals surface area contributed by atoms with Crippen LogP contribution in [-0.2, 0) is 14.4 Å². The number of aliphatic hydroxyl groups excluding tert-OH is 1. The number of likely N-dealkylation sites (tertiary alicyclic amines) is 1. The Morgan fingerprint density at radius 3 is 2.49 bits per heavy atom. The molecule has 1 spiro atoms. The number of amides is 3. The number of nitrogens with zero attached hydrogens (tertiary/aromatic N) is 3. The van der Waals surface area contributed by atoms with Gasteiger partial charge in [-0.15, -0.1) is 24.9 Å². The topological polar surface area (TPSA) is 81.2 Å². The van der Waals surface area contributed by atoms with Gasteiger partial charge in [0.25, 0.3) is 5.91 Å². The third kappa shape index (κ3) is 4.89. The largest absolute Gasteiger partial charge is 0.394 e. The first-order chi connectivity index (χ1) is 19.7. The predicted octanol–water partition coefficient (Wildman–Crippen LogP) is 4.50. The molecule has 0 aliphatic carbocycles. The molecule has 3 amide bonds. The molecule has 5 rings (SSSR count). The van der Waals surface area contributed by atoms with Crippen LogP contribution in [0.5, 0.6) is 0 Å². The van der Waals surface area contributed by atoms with Gasteiger partial charge in [0, 0.05) is 31.1 Å². The molecule has 3 aliphatic rings. The second kappa shape index (κ2) is 11.6. The average molecular weight is 576 g/mol. The maximum absolute atomic E-state index is 14.9.